The van der Waals surface area contributed by atoms with Crippen LogP contribution in [0.1, 0.15) is 52.7 Å². The highest BCUT2D eigenvalue weighted by atomic mass is 32.1. The summed E-state index contributed by atoms with van der Waals surface area (Å²) in [5, 5.41) is 2.68. The van der Waals surface area contributed by atoms with Crippen molar-refractivity contribution in [1.82, 2.24) is 16.2 Å². The first-order valence-electron chi connectivity index (χ1n) is 7.16. The predicted octanol–water partition coefficient (Wildman–Crippen LogP) is 2.37. The van der Waals surface area contributed by atoms with Crippen molar-refractivity contribution in [1.29, 1.82) is 0 Å². The van der Waals surface area contributed by atoms with Crippen LogP contribution in [0, 0.1) is 0 Å². The number of fused-ring (bicyclic) bond motifs is 1. The highest BCUT2D eigenvalue weighted by Crippen LogP contribution is 2.29. The molecule has 6 heteroatoms. The Morgan fingerprint density at radius 1 is 1.25 bits per heavy atom. The maximum atomic E-state index is 12.0. The topological polar surface area (TPSA) is 70.2 Å². The molecule has 0 saturated heterocycles. The summed E-state index contributed by atoms with van der Waals surface area (Å²) in [4.78, 5) is 25.4. The summed E-state index contributed by atoms with van der Waals surface area (Å²) in [6.45, 7) is 2.67. The summed E-state index contributed by atoms with van der Waals surface area (Å²) in [6, 6.07) is 1.58. The number of carbonyl (C=O) groups excluding carboxylic acids is 2. The van der Waals surface area contributed by atoms with E-state index in [0.717, 1.165) is 25.7 Å². The van der Waals surface area contributed by atoms with Gasteiger partial charge in [0, 0.05) is 11.4 Å². The highest BCUT2D eigenvalue weighted by molar-refractivity contribution is 7.14. The van der Waals surface area contributed by atoms with Crippen molar-refractivity contribution in [3.8, 4) is 0 Å². The van der Waals surface area contributed by atoms with Crippen molar-refractivity contribution < 1.29 is 9.59 Å². The van der Waals surface area contributed by atoms with E-state index in [0.29, 0.717) is 11.4 Å². The molecule has 0 radical (unpaired) electrons. The van der Waals surface area contributed by atoms with E-state index >= 15 is 0 Å². The molecule has 2 rings (SSSR count). The smallest absolute Gasteiger partial charge is 0.333 e. The molecule has 1 heterocycles. The third-order valence-electron chi connectivity index (χ3n) is 3.33. The molecule has 1 aromatic rings. The lowest BCUT2D eigenvalue weighted by molar-refractivity contribution is 0.0940. The van der Waals surface area contributed by atoms with Crippen molar-refractivity contribution in [2.45, 2.75) is 45.4 Å². The molecule has 0 fully saturated rings. The molecule has 3 amide bonds. The van der Waals surface area contributed by atoms with Crippen molar-refractivity contribution in [3.05, 3.63) is 21.4 Å². The highest BCUT2D eigenvalue weighted by Gasteiger charge is 2.17. The van der Waals surface area contributed by atoms with Crippen LogP contribution in [-0.4, -0.2) is 18.5 Å². The number of carbonyl (C=O) groups is 2. The van der Waals surface area contributed by atoms with Gasteiger partial charge in [0.05, 0.1) is 4.88 Å². The van der Waals surface area contributed by atoms with E-state index < -0.39 is 0 Å². The summed E-state index contributed by atoms with van der Waals surface area (Å²) in [7, 11) is 0. The largest absolute Gasteiger partial charge is 0.337 e. The Balaban J connectivity index is 1.80. The zero-order valence-electron chi connectivity index (χ0n) is 11.8. The lowest BCUT2D eigenvalue weighted by Crippen LogP contribution is -2.46. The summed E-state index contributed by atoms with van der Waals surface area (Å²) < 4.78 is 0. The predicted molar refractivity (Wildman–Crippen MR) is 79.9 cm³/mol. The van der Waals surface area contributed by atoms with Gasteiger partial charge >= 0.3 is 6.03 Å². The number of hydrazine groups is 1. The number of aryl methyl sites for hydroxylation is 2. The summed E-state index contributed by atoms with van der Waals surface area (Å²) in [5.74, 6) is -0.241. The van der Waals surface area contributed by atoms with Crippen LogP contribution in [0.4, 0.5) is 4.79 Å². The molecule has 0 bridgehead atoms. The van der Waals surface area contributed by atoms with Crippen molar-refractivity contribution in [2.24, 2.45) is 0 Å². The molecule has 20 heavy (non-hydrogen) atoms. The van der Waals surface area contributed by atoms with E-state index in [1.165, 1.54) is 34.6 Å². The normalized spacial score (nSPS) is 13.4. The average molecular weight is 295 g/mol. The molecule has 110 valence electrons. The maximum Gasteiger partial charge on any atom is 0.333 e. The van der Waals surface area contributed by atoms with Crippen LogP contribution in [0.5, 0.6) is 0 Å². The third kappa shape index (κ3) is 3.96. The van der Waals surface area contributed by atoms with Crippen LogP contribution in [-0.2, 0) is 12.8 Å². The Hall–Kier alpha value is -1.56. The zero-order chi connectivity index (χ0) is 14.4. The van der Waals surface area contributed by atoms with E-state index in [1.807, 2.05) is 6.07 Å². The first-order chi connectivity index (χ1) is 9.70. The lowest BCUT2D eigenvalue weighted by Gasteiger charge is -2.08. The molecule has 0 spiro atoms. The maximum absolute atomic E-state index is 12.0. The molecule has 1 aliphatic carbocycles. The van der Waals surface area contributed by atoms with Crippen LogP contribution in [0.3, 0.4) is 0 Å². The number of urea groups is 1. The van der Waals surface area contributed by atoms with Crippen LogP contribution >= 0.6 is 11.3 Å². The quantitative estimate of drug-likeness (QED) is 0.589. The van der Waals surface area contributed by atoms with Gasteiger partial charge in [-0.2, -0.15) is 0 Å². The zero-order valence-corrected chi connectivity index (χ0v) is 12.6. The van der Waals surface area contributed by atoms with Gasteiger partial charge in [0.1, 0.15) is 0 Å². The van der Waals surface area contributed by atoms with Gasteiger partial charge in [0.2, 0.25) is 0 Å². The molecule has 3 N–H and O–H groups in total. The minimum Gasteiger partial charge on any atom is -0.337 e. The van der Waals surface area contributed by atoms with Crippen LogP contribution in [0.2, 0.25) is 0 Å². The number of hydrogen-bond donors (Lipinski definition) is 3. The Morgan fingerprint density at radius 3 is 2.80 bits per heavy atom. The van der Waals surface area contributed by atoms with Crippen LogP contribution in [0.15, 0.2) is 6.07 Å². The fourth-order valence-corrected chi connectivity index (χ4v) is 3.35. The van der Waals surface area contributed by atoms with Crippen molar-refractivity contribution in [2.75, 3.05) is 6.54 Å². The van der Waals surface area contributed by atoms with Gasteiger partial charge in [-0.25, -0.2) is 10.2 Å². The second-order valence-electron chi connectivity index (χ2n) is 4.95. The fourth-order valence-electron chi connectivity index (χ4n) is 2.20. The van der Waals surface area contributed by atoms with Gasteiger partial charge in [0.25, 0.3) is 5.91 Å². The SMILES string of the molecule is CCCCNC(=O)NNC(=O)c1cc2c(s1)CCCC2. The van der Waals surface area contributed by atoms with Gasteiger partial charge in [-0.15, -0.1) is 11.3 Å². The molecule has 0 saturated carbocycles. The average Bonchev–Trinajstić information content (AvgIpc) is 2.89. The number of thiophene rings is 1. The number of rotatable bonds is 4. The Bertz CT molecular complexity index is 461. The number of amides is 3. The molecule has 1 aliphatic rings. The monoisotopic (exact) mass is 295 g/mol. The summed E-state index contributed by atoms with van der Waals surface area (Å²) in [6.07, 6.45) is 6.48. The van der Waals surface area contributed by atoms with Gasteiger partial charge in [-0.05, 0) is 43.7 Å². The summed E-state index contributed by atoms with van der Waals surface area (Å²) in [5.41, 5.74) is 6.11. The molecule has 5 nitrogen and oxygen atoms in total. The fraction of sp³-hybridized carbons (Fsp3) is 0.571. The van der Waals surface area contributed by atoms with E-state index in [4.69, 9.17) is 0 Å². The van der Waals surface area contributed by atoms with E-state index in [9.17, 15) is 9.59 Å². The number of hydrogen-bond acceptors (Lipinski definition) is 3. The van der Waals surface area contributed by atoms with E-state index in [1.54, 1.807) is 0 Å². The molecule has 0 atom stereocenters. The lowest BCUT2D eigenvalue weighted by atomic mass is 9.99. The third-order valence-corrected chi connectivity index (χ3v) is 4.56. The second kappa shape index (κ2) is 7.28. The molecule has 0 unspecified atom stereocenters. The molecule has 0 aliphatic heterocycles. The summed E-state index contributed by atoms with van der Waals surface area (Å²) >= 11 is 1.53. The Morgan fingerprint density at radius 2 is 2.05 bits per heavy atom. The van der Waals surface area contributed by atoms with E-state index in [2.05, 4.69) is 23.1 Å². The second-order valence-corrected chi connectivity index (χ2v) is 6.09. The van der Waals surface area contributed by atoms with Gasteiger partial charge in [0.15, 0.2) is 0 Å². The number of nitrogens with one attached hydrogen (secondary N) is 3. The van der Waals surface area contributed by atoms with Crippen molar-refractivity contribution in [3.63, 3.8) is 0 Å². The molecule has 1 aromatic heterocycles. The van der Waals surface area contributed by atoms with Gasteiger partial charge in [-0.3, -0.25) is 10.2 Å². The minimum atomic E-state index is -0.367. The van der Waals surface area contributed by atoms with Crippen molar-refractivity contribution >= 4 is 23.3 Å². The van der Waals surface area contributed by atoms with E-state index in [-0.39, 0.29) is 11.9 Å². The van der Waals surface area contributed by atoms with Gasteiger partial charge in [-0.1, -0.05) is 13.3 Å². The minimum absolute atomic E-state index is 0.241. The number of unbranched alkanes of at least 4 members (excludes halogenated alkanes) is 1. The molecule has 0 aromatic carbocycles. The first kappa shape index (κ1) is 14.8. The standard InChI is InChI=1S/C14H21N3O2S/c1-2-3-8-15-14(19)17-16-13(18)12-9-10-6-4-5-7-11(10)20-12/h9H,2-8H2,1H3,(H,16,18)(H2,15,17,19). The van der Waals surface area contributed by atoms with Gasteiger partial charge < -0.3 is 5.32 Å². The first-order valence-corrected chi connectivity index (χ1v) is 7.98. The Labute approximate surface area is 123 Å². The van der Waals surface area contributed by atoms with Crippen LogP contribution in [0.25, 0.3) is 0 Å². The van der Waals surface area contributed by atoms with Crippen LogP contribution < -0.4 is 16.2 Å². The Kier molecular flexibility index (Phi) is 5.40. The molecular weight excluding hydrogens is 274 g/mol. The molecular formula is C14H21N3O2S.